The van der Waals surface area contributed by atoms with Crippen molar-refractivity contribution in [3.63, 3.8) is 0 Å². The fourth-order valence-electron chi connectivity index (χ4n) is 1.94. The van der Waals surface area contributed by atoms with Gasteiger partial charge in [-0.05, 0) is 36.1 Å². The quantitative estimate of drug-likeness (QED) is 0.518. The molecule has 0 spiro atoms. The molecular weight excluding hydrogens is 306 g/mol. The van der Waals surface area contributed by atoms with E-state index in [9.17, 15) is 8.78 Å². The number of hydrogen-bond donors (Lipinski definition) is 0. The van der Waals surface area contributed by atoms with Crippen LogP contribution in [-0.2, 0) is 0 Å². The molecule has 1 aromatic carbocycles. The standard InChI is InChI=1S/C14H9ClF2S2/c1-7-4-8(10(17)5-9(7)16)14(15)13-6-12-11(19-13)2-3-18-12/h2-6,14H,1H3. The number of hydrogen-bond acceptors (Lipinski definition) is 2. The number of halogens is 3. The van der Waals surface area contributed by atoms with E-state index in [1.165, 1.54) is 6.07 Å². The first-order chi connectivity index (χ1) is 9.06. The summed E-state index contributed by atoms with van der Waals surface area (Å²) in [5.74, 6) is -1.14. The summed E-state index contributed by atoms with van der Waals surface area (Å²) in [6, 6.07) is 6.37. The number of thiophene rings is 2. The van der Waals surface area contributed by atoms with Crippen molar-refractivity contribution in [2.24, 2.45) is 0 Å². The molecule has 5 heteroatoms. The van der Waals surface area contributed by atoms with E-state index < -0.39 is 17.0 Å². The van der Waals surface area contributed by atoms with Gasteiger partial charge in [-0.25, -0.2) is 8.78 Å². The van der Waals surface area contributed by atoms with Crippen LogP contribution in [0.2, 0.25) is 0 Å². The zero-order chi connectivity index (χ0) is 13.6. The van der Waals surface area contributed by atoms with Crippen LogP contribution in [0.25, 0.3) is 9.40 Å². The fraction of sp³-hybridized carbons (Fsp3) is 0.143. The summed E-state index contributed by atoms with van der Waals surface area (Å²) < 4.78 is 29.4. The minimum absolute atomic E-state index is 0.328. The molecule has 0 N–H and O–H groups in total. The topological polar surface area (TPSA) is 0 Å². The first kappa shape index (κ1) is 13.0. The van der Waals surface area contributed by atoms with Crippen LogP contribution in [-0.4, -0.2) is 0 Å². The molecule has 0 aliphatic heterocycles. The SMILES string of the molecule is Cc1cc(C(Cl)c2cc3sccc3s2)c(F)cc1F. The number of alkyl halides is 1. The van der Waals surface area contributed by atoms with Gasteiger partial charge in [0.05, 0.1) is 5.38 Å². The van der Waals surface area contributed by atoms with E-state index in [0.717, 1.165) is 20.3 Å². The molecule has 0 amide bonds. The Balaban J connectivity index is 2.06. The van der Waals surface area contributed by atoms with Crippen LogP contribution >= 0.6 is 34.3 Å². The molecule has 3 rings (SSSR count). The first-order valence-corrected chi connectivity index (χ1v) is 7.76. The van der Waals surface area contributed by atoms with Crippen LogP contribution in [0.3, 0.4) is 0 Å². The summed E-state index contributed by atoms with van der Waals surface area (Å²) in [6.45, 7) is 1.61. The lowest BCUT2D eigenvalue weighted by molar-refractivity contribution is 0.568. The molecule has 2 aromatic heterocycles. The summed E-state index contributed by atoms with van der Waals surface area (Å²) in [7, 11) is 0. The lowest BCUT2D eigenvalue weighted by Gasteiger charge is -2.10. The lowest BCUT2D eigenvalue weighted by atomic mass is 10.1. The van der Waals surface area contributed by atoms with Gasteiger partial charge in [0.1, 0.15) is 11.6 Å². The second kappa shape index (κ2) is 4.85. The van der Waals surface area contributed by atoms with E-state index in [0.29, 0.717) is 11.1 Å². The van der Waals surface area contributed by atoms with Gasteiger partial charge in [-0.1, -0.05) is 0 Å². The van der Waals surface area contributed by atoms with Gasteiger partial charge in [-0.15, -0.1) is 34.3 Å². The summed E-state index contributed by atoms with van der Waals surface area (Å²) in [4.78, 5) is 0.883. The molecule has 0 bridgehead atoms. The van der Waals surface area contributed by atoms with Crippen molar-refractivity contribution < 1.29 is 8.78 Å². The maximum absolute atomic E-state index is 13.8. The van der Waals surface area contributed by atoms with Gasteiger partial charge in [-0.3, -0.25) is 0 Å². The molecule has 3 aromatic rings. The van der Waals surface area contributed by atoms with Gasteiger partial charge < -0.3 is 0 Å². The number of rotatable bonds is 2. The van der Waals surface area contributed by atoms with Crippen molar-refractivity contribution in [3.8, 4) is 0 Å². The number of fused-ring (bicyclic) bond motifs is 1. The Morgan fingerprint density at radius 3 is 2.63 bits per heavy atom. The van der Waals surface area contributed by atoms with Crippen molar-refractivity contribution in [2.45, 2.75) is 12.3 Å². The van der Waals surface area contributed by atoms with Crippen molar-refractivity contribution in [1.29, 1.82) is 0 Å². The molecule has 19 heavy (non-hydrogen) atoms. The maximum Gasteiger partial charge on any atom is 0.131 e. The minimum atomic E-state index is -0.597. The monoisotopic (exact) mass is 314 g/mol. The molecule has 2 heterocycles. The highest BCUT2D eigenvalue weighted by molar-refractivity contribution is 7.27. The Labute approximate surface area is 122 Å². The summed E-state index contributed by atoms with van der Waals surface area (Å²) in [6.07, 6.45) is 0. The Kier molecular flexibility index (Phi) is 3.33. The van der Waals surface area contributed by atoms with Crippen molar-refractivity contribution in [3.05, 3.63) is 57.3 Å². The molecular formula is C14H9ClF2S2. The van der Waals surface area contributed by atoms with Crippen LogP contribution in [0.4, 0.5) is 8.78 Å². The summed E-state index contributed by atoms with van der Waals surface area (Å²) >= 11 is 9.51. The summed E-state index contributed by atoms with van der Waals surface area (Å²) in [5.41, 5.74) is 0.731. The van der Waals surface area contributed by atoms with E-state index in [2.05, 4.69) is 0 Å². The maximum atomic E-state index is 13.8. The molecule has 0 fully saturated rings. The fourth-order valence-corrected chi connectivity index (χ4v) is 4.42. The molecule has 0 nitrogen and oxygen atoms in total. The van der Waals surface area contributed by atoms with Gasteiger partial charge >= 0.3 is 0 Å². The van der Waals surface area contributed by atoms with Crippen molar-refractivity contribution in [2.75, 3.05) is 0 Å². The molecule has 1 atom stereocenters. The van der Waals surface area contributed by atoms with Gasteiger partial charge in [0.15, 0.2) is 0 Å². The Hall–Kier alpha value is -0.970. The van der Waals surface area contributed by atoms with E-state index in [-0.39, 0.29) is 0 Å². The van der Waals surface area contributed by atoms with Crippen LogP contribution in [0, 0.1) is 18.6 Å². The average molecular weight is 315 g/mol. The van der Waals surface area contributed by atoms with E-state index in [4.69, 9.17) is 11.6 Å². The van der Waals surface area contributed by atoms with Crippen molar-refractivity contribution >= 4 is 43.7 Å². The second-order valence-electron chi connectivity index (χ2n) is 4.28. The van der Waals surface area contributed by atoms with Crippen molar-refractivity contribution in [1.82, 2.24) is 0 Å². The van der Waals surface area contributed by atoms with Gasteiger partial charge in [0.2, 0.25) is 0 Å². The smallest absolute Gasteiger partial charge is 0.131 e. The largest absolute Gasteiger partial charge is 0.207 e. The molecule has 0 aliphatic carbocycles. The zero-order valence-corrected chi connectivity index (χ0v) is 12.3. The molecule has 0 aliphatic rings. The predicted octanol–water partition coefficient (Wildman–Crippen LogP) is 5.88. The van der Waals surface area contributed by atoms with Crippen LogP contribution in [0.15, 0.2) is 29.6 Å². The Bertz CT molecular complexity index is 717. The van der Waals surface area contributed by atoms with Crippen LogP contribution in [0.5, 0.6) is 0 Å². The second-order valence-corrected chi connectivity index (χ2v) is 6.78. The number of aryl methyl sites for hydroxylation is 1. The van der Waals surface area contributed by atoms with E-state index >= 15 is 0 Å². The molecule has 1 unspecified atom stereocenters. The van der Waals surface area contributed by atoms with E-state index in [1.807, 2.05) is 17.5 Å². The zero-order valence-electron chi connectivity index (χ0n) is 9.91. The van der Waals surface area contributed by atoms with Crippen LogP contribution < -0.4 is 0 Å². The summed E-state index contributed by atoms with van der Waals surface area (Å²) in [5, 5.41) is 1.43. The number of benzene rings is 1. The average Bonchev–Trinajstić information content (AvgIpc) is 2.93. The van der Waals surface area contributed by atoms with E-state index in [1.54, 1.807) is 29.6 Å². The third kappa shape index (κ3) is 2.29. The Morgan fingerprint density at radius 2 is 1.89 bits per heavy atom. The molecule has 0 saturated heterocycles. The highest BCUT2D eigenvalue weighted by Gasteiger charge is 2.19. The predicted molar refractivity (Wildman–Crippen MR) is 78.5 cm³/mol. The third-order valence-corrected chi connectivity index (χ3v) is 5.72. The molecule has 0 radical (unpaired) electrons. The highest BCUT2D eigenvalue weighted by atomic mass is 35.5. The Morgan fingerprint density at radius 1 is 1.11 bits per heavy atom. The van der Waals surface area contributed by atoms with Gasteiger partial charge in [-0.2, -0.15) is 0 Å². The van der Waals surface area contributed by atoms with Gasteiger partial charge in [0, 0.05) is 25.9 Å². The molecule has 0 saturated carbocycles. The first-order valence-electron chi connectivity index (χ1n) is 5.63. The normalized spacial score (nSPS) is 13.1. The van der Waals surface area contributed by atoms with Gasteiger partial charge in [0.25, 0.3) is 0 Å². The third-order valence-electron chi connectivity index (χ3n) is 2.96. The lowest BCUT2D eigenvalue weighted by Crippen LogP contribution is -1.98. The highest BCUT2D eigenvalue weighted by Crippen LogP contribution is 2.40. The van der Waals surface area contributed by atoms with Crippen LogP contribution in [0.1, 0.15) is 21.4 Å². The molecule has 98 valence electrons. The minimum Gasteiger partial charge on any atom is -0.207 e.